The summed E-state index contributed by atoms with van der Waals surface area (Å²) in [6.07, 6.45) is 0. The molecule has 0 unspecified atom stereocenters. The molecule has 4 rings (SSSR count). The average molecular weight is 418 g/mol. The van der Waals surface area contributed by atoms with E-state index in [1.54, 1.807) is 11.8 Å². The van der Waals surface area contributed by atoms with Gasteiger partial charge in [0.05, 0.1) is 16.9 Å². The number of rotatable bonds is 5. The molecule has 0 aliphatic rings. The second kappa shape index (κ2) is 8.28. The van der Waals surface area contributed by atoms with Gasteiger partial charge in [0.15, 0.2) is 0 Å². The zero-order valence-electron chi connectivity index (χ0n) is 17.4. The monoisotopic (exact) mass is 417 g/mol. The zero-order valence-corrected chi connectivity index (χ0v) is 18.2. The van der Waals surface area contributed by atoms with Crippen LogP contribution in [0.1, 0.15) is 28.1 Å². The molecule has 4 aromatic rings. The number of nitrogens with one attached hydrogen (secondary N) is 2. The van der Waals surface area contributed by atoms with Crippen molar-refractivity contribution in [1.29, 1.82) is 0 Å². The number of aromatic amines is 1. The van der Waals surface area contributed by atoms with Gasteiger partial charge in [-0.15, -0.1) is 11.8 Å². The largest absolute Gasteiger partial charge is 0.294 e. The molecular weight excluding hydrogens is 394 g/mol. The number of benzene rings is 2. The number of anilines is 2. The molecule has 2 aromatic heterocycles. The van der Waals surface area contributed by atoms with Gasteiger partial charge in [0, 0.05) is 22.1 Å². The van der Waals surface area contributed by atoms with Crippen molar-refractivity contribution in [1.82, 2.24) is 19.9 Å². The molecule has 2 heterocycles. The predicted molar refractivity (Wildman–Crippen MR) is 123 cm³/mol. The second-order valence-corrected chi connectivity index (χ2v) is 8.45. The molecule has 0 radical (unpaired) electrons. The third-order valence-corrected chi connectivity index (χ3v) is 5.98. The SMILES string of the molecule is Cc1ccc(SCc2cc(=O)[nH]c(Nc3nc(C)c4cc(C)c(C)cc4n3)n2)cc1. The lowest BCUT2D eigenvalue weighted by Crippen LogP contribution is -2.13. The number of hydrogen-bond acceptors (Lipinski definition) is 6. The number of H-pyrrole nitrogens is 1. The highest BCUT2D eigenvalue weighted by Gasteiger charge is 2.09. The molecular formula is C23H23N5OS. The summed E-state index contributed by atoms with van der Waals surface area (Å²) in [5.74, 6) is 1.34. The fraction of sp³-hybridized carbons (Fsp3) is 0.217. The van der Waals surface area contributed by atoms with Crippen molar-refractivity contribution >= 4 is 34.6 Å². The molecule has 152 valence electrons. The van der Waals surface area contributed by atoms with Gasteiger partial charge in [0.1, 0.15) is 0 Å². The number of hydrogen-bond donors (Lipinski definition) is 2. The van der Waals surface area contributed by atoms with E-state index in [0.29, 0.717) is 23.3 Å². The molecule has 0 aliphatic carbocycles. The predicted octanol–water partition coefficient (Wildman–Crippen LogP) is 4.98. The summed E-state index contributed by atoms with van der Waals surface area (Å²) in [5, 5.41) is 4.08. The zero-order chi connectivity index (χ0) is 21.3. The van der Waals surface area contributed by atoms with E-state index >= 15 is 0 Å². The van der Waals surface area contributed by atoms with Crippen LogP contribution in [0.5, 0.6) is 0 Å². The van der Waals surface area contributed by atoms with Gasteiger partial charge in [-0.2, -0.15) is 0 Å². The van der Waals surface area contributed by atoms with Gasteiger partial charge in [-0.3, -0.25) is 15.1 Å². The van der Waals surface area contributed by atoms with Gasteiger partial charge in [0.25, 0.3) is 5.56 Å². The van der Waals surface area contributed by atoms with E-state index in [9.17, 15) is 4.79 Å². The van der Waals surface area contributed by atoms with E-state index in [-0.39, 0.29) is 5.56 Å². The molecule has 0 amide bonds. The molecule has 7 heteroatoms. The second-order valence-electron chi connectivity index (χ2n) is 7.40. The van der Waals surface area contributed by atoms with Crippen LogP contribution in [0.3, 0.4) is 0 Å². The van der Waals surface area contributed by atoms with Gasteiger partial charge in [-0.05, 0) is 63.1 Å². The van der Waals surface area contributed by atoms with Gasteiger partial charge in [-0.25, -0.2) is 15.0 Å². The van der Waals surface area contributed by atoms with Crippen LogP contribution in [-0.2, 0) is 5.75 Å². The van der Waals surface area contributed by atoms with E-state index < -0.39 is 0 Å². The average Bonchev–Trinajstić information content (AvgIpc) is 2.69. The maximum Gasteiger partial charge on any atom is 0.252 e. The van der Waals surface area contributed by atoms with Crippen LogP contribution in [0, 0.1) is 27.7 Å². The van der Waals surface area contributed by atoms with Gasteiger partial charge >= 0.3 is 0 Å². The van der Waals surface area contributed by atoms with Crippen LogP contribution in [0.2, 0.25) is 0 Å². The molecule has 2 N–H and O–H groups in total. The van der Waals surface area contributed by atoms with E-state index in [0.717, 1.165) is 21.5 Å². The van der Waals surface area contributed by atoms with Crippen molar-refractivity contribution in [3.05, 3.63) is 80.9 Å². The highest BCUT2D eigenvalue weighted by molar-refractivity contribution is 7.98. The lowest BCUT2D eigenvalue weighted by atomic mass is 10.1. The van der Waals surface area contributed by atoms with Crippen molar-refractivity contribution in [2.75, 3.05) is 5.32 Å². The summed E-state index contributed by atoms with van der Waals surface area (Å²) in [7, 11) is 0. The first-order chi connectivity index (χ1) is 14.4. The van der Waals surface area contributed by atoms with Crippen molar-refractivity contribution < 1.29 is 0 Å². The third-order valence-electron chi connectivity index (χ3n) is 4.93. The Kier molecular flexibility index (Phi) is 5.55. The summed E-state index contributed by atoms with van der Waals surface area (Å²) >= 11 is 1.64. The molecule has 0 bridgehead atoms. The summed E-state index contributed by atoms with van der Waals surface area (Å²) in [6.45, 7) is 8.15. The van der Waals surface area contributed by atoms with E-state index in [1.165, 1.54) is 22.8 Å². The lowest BCUT2D eigenvalue weighted by molar-refractivity contribution is 1.04. The van der Waals surface area contributed by atoms with Crippen molar-refractivity contribution in [3.8, 4) is 0 Å². The topological polar surface area (TPSA) is 83.6 Å². The first-order valence-electron chi connectivity index (χ1n) is 9.70. The lowest BCUT2D eigenvalue weighted by Gasteiger charge is -2.10. The Balaban J connectivity index is 1.58. The van der Waals surface area contributed by atoms with Crippen LogP contribution in [-0.4, -0.2) is 19.9 Å². The minimum Gasteiger partial charge on any atom is -0.294 e. The Bertz CT molecular complexity index is 1280. The fourth-order valence-corrected chi connectivity index (χ4v) is 3.93. The van der Waals surface area contributed by atoms with Crippen LogP contribution in [0.15, 0.2) is 52.2 Å². The maximum absolute atomic E-state index is 12.1. The van der Waals surface area contributed by atoms with E-state index in [4.69, 9.17) is 0 Å². The van der Waals surface area contributed by atoms with Crippen LogP contribution in [0.4, 0.5) is 11.9 Å². The Morgan fingerprint density at radius 3 is 2.43 bits per heavy atom. The molecule has 0 spiro atoms. The minimum atomic E-state index is -0.212. The minimum absolute atomic E-state index is 0.212. The number of thioether (sulfide) groups is 1. The first-order valence-corrected chi connectivity index (χ1v) is 10.7. The smallest absolute Gasteiger partial charge is 0.252 e. The Hall–Kier alpha value is -3.19. The molecule has 0 saturated carbocycles. The standard InChI is InChI=1S/C23H23N5OS/c1-13-5-7-18(8-6-13)30-12-17-11-21(29)27-23(25-17)28-22-24-16(4)19-9-14(2)15(3)10-20(19)26-22/h5-11H,12H2,1-4H3,(H2,24,25,26,27,28,29). The van der Waals surface area contributed by atoms with Crippen LogP contribution < -0.4 is 10.9 Å². The molecule has 0 fully saturated rings. The van der Waals surface area contributed by atoms with Crippen molar-refractivity contribution in [2.24, 2.45) is 0 Å². The number of fused-ring (bicyclic) bond motifs is 1. The van der Waals surface area contributed by atoms with E-state index in [2.05, 4.69) is 82.4 Å². The molecule has 0 saturated heterocycles. The summed E-state index contributed by atoms with van der Waals surface area (Å²) < 4.78 is 0. The van der Waals surface area contributed by atoms with Gasteiger partial charge in [-0.1, -0.05) is 17.7 Å². The van der Waals surface area contributed by atoms with E-state index in [1.807, 2.05) is 6.92 Å². The van der Waals surface area contributed by atoms with Crippen molar-refractivity contribution in [2.45, 2.75) is 38.3 Å². The van der Waals surface area contributed by atoms with Crippen LogP contribution in [0.25, 0.3) is 10.9 Å². The number of nitrogens with zero attached hydrogens (tertiary/aromatic N) is 3. The first kappa shape index (κ1) is 20.1. The van der Waals surface area contributed by atoms with Crippen LogP contribution >= 0.6 is 11.8 Å². The number of aromatic nitrogens is 4. The summed E-state index contributed by atoms with van der Waals surface area (Å²) in [5.41, 5.74) is 5.82. The normalized spacial score (nSPS) is 11.1. The fourth-order valence-electron chi connectivity index (χ4n) is 3.14. The molecule has 30 heavy (non-hydrogen) atoms. The molecule has 0 aliphatic heterocycles. The highest BCUT2D eigenvalue weighted by Crippen LogP contribution is 2.24. The van der Waals surface area contributed by atoms with Gasteiger partial charge < -0.3 is 0 Å². The Morgan fingerprint density at radius 2 is 1.67 bits per heavy atom. The number of aryl methyl sites for hydroxylation is 4. The van der Waals surface area contributed by atoms with Crippen molar-refractivity contribution in [3.63, 3.8) is 0 Å². The van der Waals surface area contributed by atoms with Gasteiger partial charge in [0.2, 0.25) is 11.9 Å². The Labute approximate surface area is 179 Å². The highest BCUT2D eigenvalue weighted by atomic mass is 32.2. The quantitative estimate of drug-likeness (QED) is 0.446. The summed E-state index contributed by atoms with van der Waals surface area (Å²) in [4.78, 5) is 29.7. The maximum atomic E-state index is 12.1. The third kappa shape index (κ3) is 4.52. The molecule has 6 nitrogen and oxygen atoms in total. The molecule has 0 atom stereocenters. The Morgan fingerprint density at radius 1 is 0.933 bits per heavy atom. The molecule has 2 aromatic carbocycles. The summed E-state index contributed by atoms with van der Waals surface area (Å²) in [6, 6.07) is 14.0.